The van der Waals surface area contributed by atoms with Gasteiger partial charge in [0, 0.05) is 25.7 Å². The Morgan fingerprint density at radius 2 is 2.20 bits per heavy atom. The molecule has 1 heterocycles. The molecule has 2 unspecified atom stereocenters. The van der Waals surface area contributed by atoms with Crippen LogP contribution in [0.4, 0.5) is 0 Å². The first-order valence-corrected chi connectivity index (χ1v) is 6.35. The molecule has 0 spiro atoms. The van der Waals surface area contributed by atoms with Crippen LogP contribution < -0.4 is 5.73 Å². The Balaban J connectivity index is 2.38. The number of nitrogens with two attached hydrogens (primary N) is 1. The standard InChI is InChI=1S/C12H26N2O/c1-3-11-6-5-7-14(12(11)10-13)8-9-15-4-2/h11-12H,3-10,13H2,1-2H3. The summed E-state index contributed by atoms with van der Waals surface area (Å²) in [4.78, 5) is 2.52. The summed E-state index contributed by atoms with van der Waals surface area (Å²) in [7, 11) is 0. The Hall–Kier alpha value is -0.120. The van der Waals surface area contributed by atoms with Crippen molar-refractivity contribution in [2.24, 2.45) is 11.7 Å². The van der Waals surface area contributed by atoms with Crippen molar-refractivity contribution in [3.8, 4) is 0 Å². The van der Waals surface area contributed by atoms with E-state index < -0.39 is 0 Å². The number of nitrogens with zero attached hydrogens (tertiary/aromatic N) is 1. The average molecular weight is 214 g/mol. The number of hydrogen-bond acceptors (Lipinski definition) is 3. The van der Waals surface area contributed by atoms with E-state index in [-0.39, 0.29) is 0 Å². The van der Waals surface area contributed by atoms with E-state index in [1.165, 1.54) is 25.8 Å². The average Bonchev–Trinajstić information content (AvgIpc) is 2.29. The van der Waals surface area contributed by atoms with E-state index in [9.17, 15) is 0 Å². The number of ether oxygens (including phenoxy) is 1. The van der Waals surface area contributed by atoms with Gasteiger partial charge in [-0.2, -0.15) is 0 Å². The fraction of sp³-hybridized carbons (Fsp3) is 1.00. The third kappa shape index (κ3) is 3.74. The summed E-state index contributed by atoms with van der Waals surface area (Å²) < 4.78 is 5.42. The van der Waals surface area contributed by atoms with Gasteiger partial charge in [-0.1, -0.05) is 13.3 Å². The molecule has 0 aromatic heterocycles. The number of likely N-dealkylation sites (tertiary alicyclic amines) is 1. The molecule has 1 aliphatic heterocycles. The van der Waals surface area contributed by atoms with Gasteiger partial charge < -0.3 is 10.5 Å². The molecule has 1 saturated heterocycles. The maximum Gasteiger partial charge on any atom is 0.0593 e. The third-order valence-corrected chi connectivity index (χ3v) is 3.53. The van der Waals surface area contributed by atoms with Gasteiger partial charge in [0.2, 0.25) is 0 Å². The van der Waals surface area contributed by atoms with E-state index in [2.05, 4.69) is 11.8 Å². The molecule has 1 rings (SSSR count). The number of hydrogen-bond donors (Lipinski definition) is 1. The van der Waals surface area contributed by atoms with Crippen LogP contribution in [0.2, 0.25) is 0 Å². The van der Waals surface area contributed by atoms with Crippen LogP contribution in [0.15, 0.2) is 0 Å². The predicted molar refractivity (Wildman–Crippen MR) is 63.9 cm³/mol. The summed E-state index contributed by atoms with van der Waals surface area (Å²) in [6.45, 7) is 9.04. The first kappa shape index (κ1) is 12.9. The van der Waals surface area contributed by atoms with Crippen molar-refractivity contribution < 1.29 is 4.74 Å². The van der Waals surface area contributed by atoms with Gasteiger partial charge in [-0.15, -0.1) is 0 Å². The molecule has 3 nitrogen and oxygen atoms in total. The molecule has 0 aliphatic carbocycles. The topological polar surface area (TPSA) is 38.5 Å². The summed E-state index contributed by atoms with van der Waals surface area (Å²) >= 11 is 0. The second kappa shape index (κ2) is 7.20. The minimum absolute atomic E-state index is 0.587. The highest BCUT2D eigenvalue weighted by atomic mass is 16.5. The van der Waals surface area contributed by atoms with Crippen molar-refractivity contribution in [3.63, 3.8) is 0 Å². The van der Waals surface area contributed by atoms with Crippen molar-refractivity contribution in [2.75, 3.05) is 32.8 Å². The second-order valence-corrected chi connectivity index (χ2v) is 4.35. The molecular weight excluding hydrogens is 188 g/mol. The van der Waals surface area contributed by atoms with Gasteiger partial charge in [-0.3, -0.25) is 4.90 Å². The minimum Gasteiger partial charge on any atom is -0.380 e. The van der Waals surface area contributed by atoms with Crippen LogP contribution in [0, 0.1) is 5.92 Å². The van der Waals surface area contributed by atoms with E-state index in [1.807, 2.05) is 6.92 Å². The molecule has 0 amide bonds. The molecular formula is C12H26N2O. The molecule has 15 heavy (non-hydrogen) atoms. The fourth-order valence-electron chi connectivity index (χ4n) is 2.63. The highest BCUT2D eigenvalue weighted by molar-refractivity contribution is 4.84. The van der Waals surface area contributed by atoms with Crippen molar-refractivity contribution in [3.05, 3.63) is 0 Å². The van der Waals surface area contributed by atoms with E-state index >= 15 is 0 Å². The van der Waals surface area contributed by atoms with Gasteiger partial charge in [0.05, 0.1) is 6.61 Å². The lowest BCUT2D eigenvalue weighted by molar-refractivity contribution is 0.0529. The third-order valence-electron chi connectivity index (χ3n) is 3.53. The van der Waals surface area contributed by atoms with Crippen LogP contribution in [0.5, 0.6) is 0 Å². The van der Waals surface area contributed by atoms with Gasteiger partial charge in [0.1, 0.15) is 0 Å². The summed E-state index contributed by atoms with van der Waals surface area (Å²) in [6.07, 6.45) is 3.93. The Kier molecular flexibility index (Phi) is 6.22. The molecule has 1 aliphatic rings. The maximum atomic E-state index is 5.88. The summed E-state index contributed by atoms with van der Waals surface area (Å²) in [6, 6.07) is 0.587. The zero-order valence-corrected chi connectivity index (χ0v) is 10.2. The highest BCUT2D eigenvalue weighted by Crippen LogP contribution is 2.25. The van der Waals surface area contributed by atoms with E-state index in [1.54, 1.807) is 0 Å². The smallest absolute Gasteiger partial charge is 0.0593 e. The summed E-state index contributed by atoms with van der Waals surface area (Å²) in [5.74, 6) is 0.797. The molecule has 2 N–H and O–H groups in total. The van der Waals surface area contributed by atoms with Gasteiger partial charge >= 0.3 is 0 Å². The Morgan fingerprint density at radius 3 is 2.80 bits per heavy atom. The summed E-state index contributed by atoms with van der Waals surface area (Å²) in [5, 5.41) is 0. The number of rotatable bonds is 6. The maximum absolute atomic E-state index is 5.88. The van der Waals surface area contributed by atoms with Crippen molar-refractivity contribution in [2.45, 2.75) is 39.2 Å². The lowest BCUT2D eigenvalue weighted by Gasteiger charge is -2.40. The first-order chi connectivity index (χ1) is 7.33. The summed E-state index contributed by atoms with van der Waals surface area (Å²) in [5.41, 5.74) is 5.88. The molecule has 3 heteroatoms. The van der Waals surface area contributed by atoms with Crippen LogP contribution in [-0.4, -0.2) is 43.8 Å². The Morgan fingerprint density at radius 1 is 1.40 bits per heavy atom. The van der Waals surface area contributed by atoms with E-state index in [0.29, 0.717) is 6.04 Å². The first-order valence-electron chi connectivity index (χ1n) is 6.35. The predicted octanol–water partition coefficient (Wildman–Crippen LogP) is 1.47. The van der Waals surface area contributed by atoms with Crippen LogP contribution in [0.25, 0.3) is 0 Å². The van der Waals surface area contributed by atoms with Crippen LogP contribution >= 0.6 is 0 Å². The molecule has 0 aromatic rings. The van der Waals surface area contributed by atoms with Gasteiger partial charge in [0.25, 0.3) is 0 Å². The lowest BCUT2D eigenvalue weighted by Crippen LogP contribution is -2.50. The largest absolute Gasteiger partial charge is 0.380 e. The van der Waals surface area contributed by atoms with E-state index in [0.717, 1.165) is 32.2 Å². The molecule has 0 aromatic carbocycles. The zero-order chi connectivity index (χ0) is 11.1. The van der Waals surface area contributed by atoms with Gasteiger partial charge in [-0.05, 0) is 32.2 Å². The molecule has 0 saturated carbocycles. The zero-order valence-electron chi connectivity index (χ0n) is 10.2. The molecule has 0 bridgehead atoms. The van der Waals surface area contributed by atoms with Crippen molar-refractivity contribution in [1.29, 1.82) is 0 Å². The lowest BCUT2D eigenvalue weighted by atomic mass is 9.87. The fourth-order valence-corrected chi connectivity index (χ4v) is 2.63. The Labute approximate surface area is 94.0 Å². The quantitative estimate of drug-likeness (QED) is 0.681. The number of piperidine rings is 1. The molecule has 0 radical (unpaired) electrons. The Bertz CT molecular complexity index is 164. The SMILES string of the molecule is CCOCCN1CCCC(CC)C1CN. The van der Waals surface area contributed by atoms with Crippen LogP contribution in [0.3, 0.4) is 0 Å². The van der Waals surface area contributed by atoms with Crippen molar-refractivity contribution >= 4 is 0 Å². The minimum atomic E-state index is 0.587. The van der Waals surface area contributed by atoms with Crippen molar-refractivity contribution in [1.82, 2.24) is 4.90 Å². The second-order valence-electron chi connectivity index (χ2n) is 4.35. The van der Waals surface area contributed by atoms with Gasteiger partial charge in [-0.25, -0.2) is 0 Å². The molecule has 90 valence electrons. The normalized spacial score (nSPS) is 28.2. The van der Waals surface area contributed by atoms with E-state index in [4.69, 9.17) is 10.5 Å². The molecule has 1 fully saturated rings. The van der Waals surface area contributed by atoms with Gasteiger partial charge in [0.15, 0.2) is 0 Å². The molecule has 2 atom stereocenters. The van der Waals surface area contributed by atoms with Crippen LogP contribution in [-0.2, 0) is 4.74 Å². The van der Waals surface area contributed by atoms with Crippen LogP contribution in [0.1, 0.15) is 33.1 Å². The monoisotopic (exact) mass is 214 g/mol. The highest BCUT2D eigenvalue weighted by Gasteiger charge is 2.28.